The van der Waals surface area contributed by atoms with E-state index < -0.39 is 4.92 Å². The van der Waals surface area contributed by atoms with Gasteiger partial charge in [-0.15, -0.1) is 0 Å². The fraction of sp³-hybridized carbons (Fsp3) is 0.200. The monoisotopic (exact) mass is 307 g/mol. The van der Waals surface area contributed by atoms with Crippen LogP contribution in [0.1, 0.15) is 5.56 Å². The molecule has 0 aliphatic carbocycles. The molecule has 0 saturated carbocycles. The van der Waals surface area contributed by atoms with E-state index in [1.807, 2.05) is 24.3 Å². The Balaban J connectivity index is 1.96. The number of halogens is 1. The standard InChI is InChI=1S/C15H14ClNO4/c1-20-13-5-2-11(3-6-13)8-9-21-15-10-12(17(18)19)4-7-14(15)16/h2-7,10H,8-9H2,1H3. The third-order valence-corrected chi connectivity index (χ3v) is 3.25. The highest BCUT2D eigenvalue weighted by Gasteiger charge is 2.10. The molecule has 2 rings (SSSR count). The Hall–Kier alpha value is -2.27. The van der Waals surface area contributed by atoms with Crippen LogP contribution in [-0.2, 0) is 6.42 Å². The first-order chi connectivity index (χ1) is 10.1. The lowest BCUT2D eigenvalue weighted by Gasteiger charge is -2.08. The van der Waals surface area contributed by atoms with Gasteiger partial charge in [-0.3, -0.25) is 10.1 Å². The molecule has 6 heteroatoms. The van der Waals surface area contributed by atoms with Gasteiger partial charge in [-0.05, 0) is 23.8 Å². The van der Waals surface area contributed by atoms with Crippen LogP contribution in [0.25, 0.3) is 0 Å². The molecule has 0 atom stereocenters. The molecule has 0 spiro atoms. The second kappa shape index (κ2) is 6.95. The fourth-order valence-electron chi connectivity index (χ4n) is 1.79. The molecular weight excluding hydrogens is 294 g/mol. The number of rotatable bonds is 6. The SMILES string of the molecule is COc1ccc(CCOc2cc([N+](=O)[O-])ccc2Cl)cc1. The summed E-state index contributed by atoms with van der Waals surface area (Å²) in [6.07, 6.45) is 0.670. The van der Waals surface area contributed by atoms with Crippen LogP contribution < -0.4 is 9.47 Å². The Kier molecular flexibility index (Phi) is 5.00. The van der Waals surface area contributed by atoms with Gasteiger partial charge in [-0.2, -0.15) is 0 Å². The quantitative estimate of drug-likeness (QED) is 0.600. The van der Waals surface area contributed by atoms with Gasteiger partial charge in [0.15, 0.2) is 0 Å². The Bertz CT molecular complexity index is 628. The van der Waals surface area contributed by atoms with Crippen molar-refractivity contribution in [3.63, 3.8) is 0 Å². The first kappa shape index (κ1) is 15.1. The van der Waals surface area contributed by atoms with Crippen molar-refractivity contribution in [2.24, 2.45) is 0 Å². The summed E-state index contributed by atoms with van der Waals surface area (Å²) in [5.74, 6) is 1.11. The molecule has 0 saturated heterocycles. The number of nitro benzene ring substituents is 1. The van der Waals surface area contributed by atoms with Gasteiger partial charge in [0, 0.05) is 12.5 Å². The zero-order chi connectivity index (χ0) is 15.2. The molecule has 2 aromatic carbocycles. The largest absolute Gasteiger partial charge is 0.497 e. The van der Waals surface area contributed by atoms with Crippen LogP contribution in [0, 0.1) is 10.1 Å². The number of hydrogen-bond donors (Lipinski definition) is 0. The van der Waals surface area contributed by atoms with Crippen LogP contribution in [-0.4, -0.2) is 18.6 Å². The molecule has 0 amide bonds. The third-order valence-electron chi connectivity index (χ3n) is 2.93. The van der Waals surface area contributed by atoms with Gasteiger partial charge in [0.1, 0.15) is 11.5 Å². The van der Waals surface area contributed by atoms with Crippen LogP contribution in [0.3, 0.4) is 0 Å². The van der Waals surface area contributed by atoms with Gasteiger partial charge < -0.3 is 9.47 Å². The van der Waals surface area contributed by atoms with Crippen molar-refractivity contribution in [3.8, 4) is 11.5 Å². The van der Waals surface area contributed by atoms with Gasteiger partial charge in [0.05, 0.1) is 29.7 Å². The molecular formula is C15H14ClNO4. The van der Waals surface area contributed by atoms with Crippen molar-refractivity contribution in [2.75, 3.05) is 13.7 Å². The van der Waals surface area contributed by atoms with Crippen molar-refractivity contribution in [3.05, 3.63) is 63.2 Å². The second-order valence-corrected chi connectivity index (χ2v) is 4.73. The molecule has 0 fully saturated rings. The van der Waals surface area contributed by atoms with Gasteiger partial charge >= 0.3 is 0 Å². The van der Waals surface area contributed by atoms with E-state index in [0.29, 0.717) is 23.8 Å². The Morgan fingerprint density at radius 1 is 1.19 bits per heavy atom. The average molecular weight is 308 g/mol. The van der Waals surface area contributed by atoms with E-state index in [4.69, 9.17) is 21.1 Å². The first-order valence-electron chi connectivity index (χ1n) is 6.30. The molecule has 0 N–H and O–H groups in total. The predicted octanol–water partition coefficient (Wildman–Crippen LogP) is 3.88. The fourth-order valence-corrected chi connectivity index (χ4v) is 1.96. The van der Waals surface area contributed by atoms with Crippen LogP contribution >= 0.6 is 11.6 Å². The first-order valence-corrected chi connectivity index (χ1v) is 6.67. The third kappa shape index (κ3) is 4.10. The number of nitro groups is 1. The minimum absolute atomic E-state index is 0.0427. The smallest absolute Gasteiger partial charge is 0.273 e. The molecule has 0 heterocycles. The van der Waals surface area contributed by atoms with E-state index in [1.54, 1.807) is 7.11 Å². The summed E-state index contributed by atoms with van der Waals surface area (Å²) >= 11 is 5.96. The maximum absolute atomic E-state index is 10.7. The Morgan fingerprint density at radius 3 is 2.52 bits per heavy atom. The minimum Gasteiger partial charge on any atom is -0.497 e. The van der Waals surface area contributed by atoms with E-state index in [0.717, 1.165) is 11.3 Å². The van der Waals surface area contributed by atoms with Crippen LogP contribution in [0.2, 0.25) is 5.02 Å². The lowest BCUT2D eigenvalue weighted by atomic mass is 10.1. The van der Waals surface area contributed by atoms with E-state index in [1.165, 1.54) is 18.2 Å². The molecule has 0 bridgehead atoms. The Morgan fingerprint density at radius 2 is 1.90 bits per heavy atom. The summed E-state index contributed by atoms with van der Waals surface area (Å²) in [5.41, 5.74) is 1.04. The lowest BCUT2D eigenvalue weighted by Crippen LogP contribution is -2.02. The molecule has 21 heavy (non-hydrogen) atoms. The summed E-state index contributed by atoms with van der Waals surface area (Å²) in [4.78, 5) is 10.2. The average Bonchev–Trinajstić information content (AvgIpc) is 2.49. The van der Waals surface area contributed by atoms with Gasteiger partial charge in [0.25, 0.3) is 5.69 Å². The van der Waals surface area contributed by atoms with Crippen LogP contribution in [0.4, 0.5) is 5.69 Å². The predicted molar refractivity (Wildman–Crippen MR) is 80.3 cm³/mol. The van der Waals surface area contributed by atoms with Crippen molar-refractivity contribution < 1.29 is 14.4 Å². The highest BCUT2D eigenvalue weighted by atomic mass is 35.5. The second-order valence-electron chi connectivity index (χ2n) is 4.32. The molecule has 110 valence electrons. The van der Waals surface area contributed by atoms with Crippen molar-refractivity contribution in [1.29, 1.82) is 0 Å². The molecule has 5 nitrogen and oxygen atoms in total. The van der Waals surface area contributed by atoms with E-state index in [-0.39, 0.29) is 5.69 Å². The van der Waals surface area contributed by atoms with Gasteiger partial charge in [-0.1, -0.05) is 23.7 Å². The van der Waals surface area contributed by atoms with E-state index in [9.17, 15) is 10.1 Å². The van der Waals surface area contributed by atoms with E-state index >= 15 is 0 Å². The molecule has 0 radical (unpaired) electrons. The topological polar surface area (TPSA) is 61.6 Å². The summed E-state index contributed by atoms with van der Waals surface area (Å²) < 4.78 is 10.6. The number of non-ortho nitro benzene ring substituents is 1. The normalized spacial score (nSPS) is 10.2. The van der Waals surface area contributed by atoms with Crippen molar-refractivity contribution in [2.45, 2.75) is 6.42 Å². The lowest BCUT2D eigenvalue weighted by molar-refractivity contribution is -0.384. The summed E-state index contributed by atoms with van der Waals surface area (Å²) in [6.45, 7) is 0.382. The molecule has 0 aliphatic rings. The van der Waals surface area contributed by atoms with Crippen molar-refractivity contribution >= 4 is 17.3 Å². The highest BCUT2D eigenvalue weighted by Crippen LogP contribution is 2.29. The van der Waals surface area contributed by atoms with Gasteiger partial charge in [-0.25, -0.2) is 0 Å². The minimum atomic E-state index is -0.480. The maximum Gasteiger partial charge on any atom is 0.273 e. The van der Waals surface area contributed by atoms with Gasteiger partial charge in [0.2, 0.25) is 0 Å². The summed E-state index contributed by atoms with van der Waals surface area (Å²) in [6, 6.07) is 11.8. The van der Waals surface area contributed by atoms with Crippen LogP contribution in [0.5, 0.6) is 11.5 Å². The molecule has 0 unspecified atom stereocenters. The molecule has 0 aromatic heterocycles. The number of methoxy groups -OCH3 is 1. The van der Waals surface area contributed by atoms with Crippen LogP contribution in [0.15, 0.2) is 42.5 Å². The van der Waals surface area contributed by atoms with E-state index in [2.05, 4.69) is 0 Å². The number of nitrogens with zero attached hydrogens (tertiary/aromatic N) is 1. The summed E-state index contributed by atoms with van der Waals surface area (Å²) in [7, 11) is 1.61. The van der Waals surface area contributed by atoms with Crippen molar-refractivity contribution in [1.82, 2.24) is 0 Å². The molecule has 2 aromatic rings. The Labute approximate surface area is 127 Å². The zero-order valence-electron chi connectivity index (χ0n) is 11.4. The molecule has 0 aliphatic heterocycles. The highest BCUT2D eigenvalue weighted by molar-refractivity contribution is 6.32. The number of benzene rings is 2. The number of hydrogen-bond acceptors (Lipinski definition) is 4. The maximum atomic E-state index is 10.7. The number of ether oxygens (including phenoxy) is 2. The zero-order valence-corrected chi connectivity index (χ0v) is 12.2. The summed E-state index contributed by atoms with van der Waals surface area (Å²) in [5, 5.41) is 11.1.